The van der Waals surface area contributed by atoms with Crippen molar-refractivity contribution < 1.29 is 8.42 Å². The number of fused-ring (bicyclic) bond motifs is 1. The number of nitrogens with one attached hydrogen (secondary N) is 1. The van der Waals surface area contributed by atoms with E-state index in [1.807, 2.05) is 44.2 Å². The molecule has 0 aliphatic carbocycles. The third-order valence-electron chi connectivity index (χ3n) is 4.32. The molecule has 0 spiro atoms. The van der Waals surface area contributed by atoms with Gasteiger partial charge in [0.2, 0.25) is 10.0 Å². The molecule has 0 amide bonds. The molecule has 0 unspecified atom stereocenters. The molecule has 2 heterocycles. The standard InChI is InChI=1S/C18H22N4O3S/c1-4-17-19-22(5-2)18(23)16-11-15(12-21(16)17)26(24,25)20-13(3)14-9-7-6-8-10-14/h6-13,20H,4-5H2,1-3H3/t13-/m1/s1. The van der Waals surface area contributed by atoms with Gasteiger partial charge in [-0.2, -0.15) is 5.10 Å². The third kappa shape index (κ3) is 3.30. The Balaban J connectivity index is 2.04. The minimum absolute atomic E-state index is 0.0581. The normalized spacial score (nSPS) is 13.2. The van der Waals surface area contributed by atoms with Crippen LogP contribution in [0.3, 0.4) is 0 Å². The predicted octanol–water partition coefficient (Wildman–Crippen LogP) is 2.12. The van der Waals surface area contributed by atoms with Crippen molar-refractivity contribution in [2.75, 3.05) is 0 Å². The van der Waals surface area contributed by atoms with Crippen LogP contribution in [-0.2, 0) is 23.0 Å². The summed E-state index contributed by atoms with van der Waals surface area (Å²) in [7, 11) is -3.78. The highest BCUT2D eigenvalue weighted by atomic mass is 32.2. The molecule has 26 heavy (non-hydrogen) atoms. The van der Waals surface area contributed by atoms with E-state index in [4.69, 9.17) is 0 Å². The molecule has 0 aliphatic rings. The van der Waals surface area contributed by atoms with Crippen molar-refractivity contribution >= 4 is 15.5 Å². The number of nitrogens with zero attached hydrogens (tertiary/aromatic N) is 3. The summed E-state index contributed by atoms with van der Waals surface area (Å²) in [6.07, 6.45) is 2.04. The molecule has 138 valence electrons. The zero-order valence-electron chi connectivity index (χ0n) is 15.0. The Morgan fingerprint density at radius 1 is 1.19 bits per heavy atom. The Labute approximate surface area is 152 Å². The topological polar surface area (TPSA) is 85.5 Å². The SMILES string of the molecule is CCc1nn(CC)c(=O)c2cc(S(=O)(=O)N[C@H](C)c3ccccc3)cn12. The maximum atomic E-state index is 12.8. The highest BCUT2D eigenvalue weighted by molar-refractivity contribution is 7.89. The fourth-order valence-corrected chi connectivity index (χ4v) is 4.14. The number of hydrogen-bond acceptors (Lipinski definition) is 4. The van der Waals surface area contributed by atoms with Crippen molar-refractivity contribution in [3.05, 3.63) is 64.3 Å². The molecule has 0 bridgehead atoms. The maximum absolute atomic E-state index is 12.8. The van der Waals surface area contributed by atoms with Gasteiger partial charge in [-0.15, -0.1) is 0 Å². The Bertz CT molecular complexity index is 1080. The average Bonchev–Trinajstić information content (AvgIpc) is 3.09. The van der Waals surface area contributed by atoms with E-state index >= 15 is 0 Å². The summed E-state index contributed by atoms with van der Waals surface area (Å²) in [5.41, 5.74) is 0.873. The van der Waals surface area contributed by atoms with Crippen LogP contribution in [0.25, 0.3) is 5.52 Å². The Hall–Kier alpha value is -2.45. The summed E-state index contributed by atoms with van der Waals surface area (Å²) in [6.45, 7) is 5.95. The lowest BCUT2D eigenvalue weighted by atomic mass is 10.1. The summed E-state index contributed by atoms with van der Waals surface area (Å²) in [5.74, 6) is 0.638. The molecule has 0 saturated heterocycles. The smallest absolute Gasteiger partial charge is 0.291 e. The number of sulfonamides is 1. The lowest BCUT2D eigenvalue weighted by Crippen LogP contribution is -2.26. The van der Waals surface area contributed by atoms with E-state index in [0.717, 1.165) is 5.56 Å². The fraction of sp³-hybridized carbons (Fsp3) is 0.333. The molecule has 3 rings (SSSR count). The monoisotopic (exact) mass is 374 g/mol. The van der Waals surface area contributed by atoms with Gasteiger partial charge in [0.25, 0.3) is 5.56 Å². The van der Waals surface area contributed by atoms with Crippen LogP contribution in [0.15, 0.2) is 52.3 Å². The second kappa shape index (κ2) is 7.05. The van der Waals surface area contributed by atoms with Crippen LogP contribution in [0.1, 0.15) is 38.2 Å². The molecular weight excluding hydrogens is 352 g/mol. The van der Waals surface area contributed by atoms with Crippen LogP contribution in [-0.4, -0.2) is 22.6 Å². The minimum atomic E-state index is -3.78. The largest absolute Gasteiger partial charge is 0.297 e. The fourth-order valence-electron chi connectivity index (χ4n) is 2.89. The van der Waals surface area contributed by atoms with Gasteiger partial charge < -0.3 is 0 Å². The van der Waals surface area contributed by atoms with Gasteiger partial charge in [-0.1, -0.05) is 37.3 Å². The molecule has 8 heteroatoms. The van der Waals surface area contributed by atoms with Crippen LogP contribution in [0.2, 0.25) is 0 Å². The van der Waals surface area contributed by atoms with Gasteiger partial charge in [0.05, 0.1) is 0 Å². The lowest BCUT2D eigenvalue weighted by molar-refractivity contribution is 0.566. The van der Waals surface area contributed by atoms with Crippen molar-refractivity contribution in [3.63, 3.8) is 0 Å². The van der Waals surface area contributed by atoms with Gasteiger partial charge in [0.1, 0.15) is 16.2 Å². The summed E-state index contributed by atoms with van der Waals surface area (Å²) in [4.78, 5) is 12.5. The lowest BCUT2D eigenvalue weighted by Gasteiger charge is -2.13. The van der Waals surface area contributed by atoms with E-state index in [2.05, 4.69) is 9.82 Å². The van der Waals surface area contributed by atoms with Gasteiger partial charge >= 0.3 is 0 Å². The summed E-state index contributed by atoms with van der Waals surface area (Å²) >= 11 is 0. The Kier molecular flexibility index (Phi) is 4.97. The molecule has 0 fully saturated rings. The second-order valence-corrected chi connectivity index (χ2v) is 7.79. The second-order valence-electron chi connectivity index (χ2n) is 6.08. The van der Waals surface area contributed by atoms with Crippen molar-refractivity contribution in [3.8, 4) is 0 Å². The first-order valence-electron chi connectivity index (χ1n) is 8.56. The van der Waals surface area contributed by atoms with Crippen LogP contribution in [0, 0.1) is 0 Å². The summed E-state index contributed by atoms with van der Waals surface area (Å²) in [6, 6.07) is 10.3. The Morgan fingerprint density at radius 3 is 2.50 bits per heavy atom. The van der Waals surface area contributed by atoms with Gasteiger partial charge in [-0.25, -0.2) is 17.8 Å². The molecule has 0 aliphatic heterocycles. The van der Waals surface area contributed by atoms with Gasteiger partial charge in [-0.3, -0.25) is 9.20 Å². The van der Waals surface area contributed by atoms with Crippen LogP contribution in [0.4, 0.5) is 0 Å². The van der Waals surface area contributed by atoms with E-state index < -0.39 is 10.0 Å². The van der Waals surface area contributed by atoms with E-state index in [-0.39, 0.29) is 16.5 Å². The van der Waals surface area contributed by atoms with E-state index in [1.165, 1.54) is 16.9 Å². The van der Waals surface area contributed by atoms with E-state index in [0.29, 0.717) is 24.3 Å². The molecule has 1 aromatic carbocycles. The zero-order valence-corrected chi connectivity index (χ0v) is 15.8. The first-order chi connectivity index (χ1) is 12.4. The predicted molar refractivity (Wildman–Crippen MR) is 99.7 cm³/mol. The summed E-state index contributed by atoms with van der Waals surface area (Å²) < 4.78 is 31.2. The maximum Gasteiger partial charge on any atom is 0.291 e. The number of rotatable bonds is 6. The molecule has 2 aromatic heterocycles. The van der Waals surface area contributed by atoms with Gasteiger partial charge in [0, 0.05) is 25.2 Å². The first-order valence-corrected chi connectivity index (χ1v) is 10.0. The molecule has 1 N–H and O–H groups in total. The van der Waals surface area contributed by atoms with Crippen molar-refractivity contribution in [2.45, 2.75) is 44.7 Å². The molecular formula is C18H22N4O3S. The van der Waals surface area contributed by atoms with Crippen LogP contribution < -0.4 is 10.3 Å². The number of hydrogen-bond donors (Lipinski definition) is 1. The number of benzene rings is 1. The average molecular weight is 374 g/mol. The first kappa shape index (κ1) is 18.3. The van der Waals surface area contributed by atoms with Crippen molar-refractivity contribution in [1.82, 2.24) is 18.9 Å². The van der Waals surface area contributed by atoms with Gasteiger partial charge in [0.15, 0.2) is 0 Å². The molecule has 0 radical (unpaired) electrons. The molecule has 1 atom stereocenters. The van der Waals surface area contributed by atoms with Crippen LogP contribution >= 0.6 is 0 Å². The Morgan fingerprint density at radius 2 is 1.88 bits per heavy atom. The molecule has 7 nitrogen and oxygen atoms in total. The van der Waals surface area contributed by atoms with Crippen LogP contribution in [0.5, 0.6) is 0 Å². The highest BCUT2D eigenvalue weighted by Crippen LogP contribution is 2.19. The summed E-state index contributed by atoms with van der Waals surface area (Å²) in [5, 5.41) is 4.29. The van der Waals surface area contributed by atoms with Gasteiger partial charge in [-0.05, 0) is 25.5 Å². The number of aryl methyl sites for hydroxylation is 2. The molecule has 0 saturated carbocycles. The van der Waals surface area contributed by atoms with Crippen molar-refractivity contribution in [2.24, 2.45) is 0 Å². The quantitative estimate of drug-likeness (QED) is 0.716. The van der Waals surface area contributed by atoms with E-state index in [9.17, 15) is 13.2 Å². The molecule has 3 aromatic rings. The number of aromatic nitrogens is 3. The third-order valence-corrected chi connectivity index (χ3v) is 5.83. The van der Waals surface area contributed by atoms with E-state index in [1.54, 1.807) is 11.3 Å². The van der Waals surface area contributed by atoms with Crippen molar-refractivity contribution in [1.29, 1.82) is 0 Å². The zero-order chi connectivity index (χ0) is 18.9. The minimum Gasteiger partial charge on any atom is -0.297 e. The highest BCUT2D eigenvalue weighted by Gasteiger charge is 2.22.